The van der Waals surface area contributed by atoms with E-state index in [1.165, 1.54) is 11.1 Å². The van der Waals surface area contributed by atoms with Crippen molar-refractivity contribution in [2.24, 2.45) is 5.92 Å². The number of nitrogens with one attached hydrogen (secondary N) is 1. The summed E-state index contributed by atoms with van der Waals surface area (Å²) in [6, 6.07) is 7.39. The molecule has 1 aliphatic carbocycles. The van der Waals surface area contributed by atoms with Gasteiger partial charge in [-0.25, -0.2) is 4.68 Å². The van der Waals surface area contributed by atoms with Crippen LogP contribution in [0.25, 0.3) is 10.8 Å². The highest BCUT2D eigenvalue weighted by molar-refractivity contribution is 5.80. The van der Waals surface area contributed by atoms with Crippen molar-refractivity contribution in [3.63, 3.8) is 0 Å². The molecule has 1 amide bonds. The molecule has 1 fully saturated rings. The van der Waals surface area contributed by atoms with Crippen molar-refractivity contribution >= 4 is 16.7 Å². The second-order valence-electron chi connectivity index (χ2n) is 6.67. The molecule has 5 heteroatoms. The van der Waals surface area contributed by atoms with Gasteiger partial charge in [0.1, 0.15) is 0 Å². The summed E-state index contributed by atoms with van der Waals surface area (Å²) in [6.45, 7) is 2.44. The van der Waals surface area contributed by atoms with Gasteiger partial charge in [0.05, 0.1) is 18.1 Å². The third kappa shape index (κ3) is 3.66. The summed E-state index contributed by atoms with van der Waals surface area (Å²) in [7, 11) is 0. The lowest BCUT2D eigenvalue weighted by molar-refractivity contribution is -0.126. The Kier molecular flexibility index (Phi) is 5.28. The van der Waals surface area contributed by atoms with Crippen LogP contribution in [-0.4, -0.2) is 21.7 Å². The maximum absolute atomic E-state index is 12.6. The first kappa shape index (κ1) is 16.7. The molecule has 1 N–H and O–H groups in total. The van der Waals surface area contributed by atoms with Gasteiger partial charge in [-0.1, -0.05) is 44.4 Å². The van der Waals surface area contributed by atoms with Crippen molar-refractivity contribution < 1.29 is 4.79 Å². The first-order valence-corrected chi connectivity index (χ1v) is 8.94. The van der Waals surface area contributed by atoms with E-state index in [4.69, 9.17) is 0 Å². The van der Waals surface area contributed by atoms with Gasteiger partial charge in [-0.15, -0.1) is 0 Å². The first-order valence-electron chi connectivity index (χ1n) is 8.94. The Labute approximate surface area is 142 Å². The fourth-order valence-electron chi connectivity index (χ4n) is 3.43. The molecule has 0 aliphatic heterocycles. The summed E-state index contributed by atoms with van der Waals surface area (Å²) in [6.07, 6.45) is 7.97. The molecule has 1 saturated carbocycles. The quantitative estimate of drug-likeness (QED) is 0.918. The maximum atomic E-state index is 12.6. The van der Waals surface area contributed by atoms with Crippen molar-refractivity contribution in [3.8, 4) is 0 Å². The Morgan fingerprint density at radius 3 is 2.79 bits per heavy atom. The minimum atomic E-state index is -0.0986. The summed E-state index contributed by atoms with van der Waals surface area (Å²) < 4.78 is 1.47. The predicted octanol–water partition coefficient (Wildman–Crippen LogP) is 2.87. The number of carbonyl (C=O) groups excluding carboxylic acids is 1. The Bertz CT molecular complexity index is 763. The van der Waals surface area contributed by atoms with Crippen LogP contribution in [0.4, 0.5) is 0 Å². The number of fused-ring (bicyclic) bond motifs is 1. The summed E-state index contributed by atoms with van der Waals surface area (Å²) in [5.74, 6) is 0.268. The van der Waals surface area contributed by atoms with Crippen LogP contribution in [0.3, 0.4) is 0 Å². The molecule has 2 aromatic rings. The van der Waals surface area contributed by atoms with Gasteiger partial charge in [0.2, 0.25) is 5.91 Å². The lowest BCUT2D eigenvalue weighted by Gasteiger charge is -2.24. The molecule has 3 rings (SSSR count). The predicted molar refractivity (Wildman–Crippen MR) is 94.8 cm³/mol. The zero-order valence-corrected chi connectivity index (χ0v) is 14.2. The van der Waals surface area contributed by atoms with Crippen LogP contribution in [-0.2, 0) is 11.3 Å². The monoisotopic (exact) mass is 327 g/mol. The van der Waals surface area contributed by atoms with Crippen LogP contribution in [0.5, 0.6) is 0 Å². The molecule has 0 saturated heterocycles. The van der Waals surface area contributed by atoms with E-state index >= 15 is 0 Å². The largest absolute Gasteiger partial charge is 0.351 e. The molecule has 128 valence electrons. The van der Waals surface area contributed by atoms with Gasteiger partial charge < -0.3 is 5.32 Å². The van der Waals surface area contributed by atoms with Crippen molar-refractivity contribution in [3.05, 3.63) is 40.8 Å². The molecule has 24 heavy (non-hydrogen) atoms. The molecular formula is C19H25N3O2. The van der Waals surface area contributed by atoms with Crippen LogP contribution in [0.15, 0.2) is 35.3 Å². The van der Waals surface area contributed by atoms with E-state index < -0.39 is 0 Å². The van der Waals surface area contributed by atoms with Gasteiger partial charge in [0.15, 0.2) is 0 Å². The van der Waals surface area contributed by atoms with E-state index in [0.29, 0.717) is 11.9 Å². The SMILES string of the molecule is CC[C@H](Cn1ncc2ccccc2c1=O)NC(=O)C1CCCCC1. The molecule has 0 unspecified atom stereocenters. The number of benzene rings is 1. The van der Waals surface area contributed by atoms with Crippen LogP contribution in [0.2, 0.25) is 0 Å². The second kappa shape index (κ2) is 7.60. The minimum absolute atomic E-state index is 0.0641. The van der Waals surface area contributed by atoms with Gasteiger partial charge in [-0.3, -0.25) is 9.59 Å². The number of hydrogen-bond acceptors (Lipinski definition) is 3. The number of carbonyl (C=O) groups is 1. The first-order chi connectivity index (χ1) is 11.7. The highest BCUT2D eigenvalue weighted by atomic mass is 16.2. The van der Waals surface area contributed by atoms with Gasteiger partial charge in [0.25, 0.3) is 5.56 Å². The van der Waals surface area contributed by atoms with Gasteiger partial charge >= 0.3 is 0 Å². The summed E-state index contributed by atoms with van der Waals surface area (Å²) >= 11 is 0. The van der Waals surface area contributed by atoms with E-state index in [9.17, 15) is 9.59 Å². The Morgan fingerprint density at radius 2 is 2.04 bits per heavy atom. The zero-order valence-electron chi connectivity index (χ0n) is 14.2. The third-order valence-electron chi connectivity index (χ3n) is 4.97. The van der Waals surface area contributed by atoms with E-state index in [1.54, 1.807) is 6.20 Å². The van der Waals surface area contributed by atoms with Gasteiger partial charge in [-0.05, 0) is 25.3 Å². The summed E-state index contributed by atoms with van der Waals surface area (Å²) in [4.78, 5) is 25.0. The zero-order chi connectivity index (χ0) is 16.9. The van der Waals surface area contributed by atoms with Crippen molar-refractivity contribution in [2.45, 2.75) is 58.0 Å². The molecule has 1 aliphatic rings. The Balaban J connectivity index is 1.72. The van der Waals surface area contributed by atoms with Gasteiger partial charge in [-0.2, -0.15) is 5.10 Å². The number of hydrogen-bond donors (Lipinski definition) is 1. The fraction of sp³-hybridized carbons (Fsp3) is 0.526. The smallest absolute Gasteiger partial charge is 0.274 e. The highest BCUT2D eigenvalue weighted by Gasteiger charge is 2.23. The van der Waals surface area contributed by atoms with Crippen LogP contribution >= 0.6 is 0 Å². The lowest BCUT2D eigenvalue weighted by Crippen LogP contribution is -2.43. The second-order valence-corrected chi connectivity index (χ2v) is 6.67. The highest BCUT2D eigenvalue weighted by Crippen LogP contribution is 2.23. The molecule has 1 aromatic carbocycles. The van der Waals surface area contributed by atoms with E-state index in [-0.39, 0.29) is 23.4 Å². The standard InChI is InChI=1S/C19H25N3O2/c1-2-16(21-18(23)14-8-4-3-5-9-14)13-22-19(24)17-11-7-6-10-15(17)12-20-22/h6-7,10-12,14,16H,2-5,8-9,13H2,1H3,(H,21,23)/t16-/m1/s1. The molecule has 0 bridgehead atoms. The number of rotatable bonds is 5. The average molecular weight is 327 g/mol. The van der Waals surface area contributed by atoms with Crippen molar-refractivity contribution in [1.29, 1.82) is 0 Å². The normalized spacial score (nSPS) is 16.9. The molecule has 1 heterocycles. The lowest BCUT2D eigenvalue weighted by atomic mass is 9.88. The van der Waals surface area contributed by atoms with Crippen LogP contribution in [0.1, 0.15) is 45.4 Å². The molecular weight excluding hydrogens is 302 g/mol. The van der Waals surface area contributed by atoms with Gasteiger partial charge in [0, 0.05) is 17.3 Å². The van der Waals surface area contributed by atoms with Crippen molar-refractivity contribution in [2.75, 3.05) is 0 Å². The Hall–Kier alpha value is -2.17. The number of nitrogens with zero attached hydrogens (tertiary/aromatic N) is 2. The van der Waals surface area contributed by atoms with Crippen LogP contribution < -0.4 is 10.9 Å². The minimum Gasteiger partial charge on any atom is -0.351 e. The molecule has 5 nitrogen and oxygen atoms in total. The Morgan fingerprint density at radius 1 is 1.29 bits per heavy atom. The number of amides is 1. The van der Waals surface area contributed by atoms with E-state index in [2.05, 4.69) is 10.4 Å². The summed E-state index contributed by atoms with van der Waals surface area (Å²) in [5, 5.41) is 8.90. The topological polar surface area (TPSA) is 64.0 Å². The number of aromatic nitrogens is 2. The van der Waals surface area contributed by atoms with E-state index in [0.717, 1.165) is 37.5 Å². The molecule has 1 aromatic heterocycles. The van der Waals surface area contributed by atoms with E-state index in [1.807, 2.05) is 31.2 Å². The molecule has 1 atom stereocenters. The van der Waals surface area contributed by atoms with Crippen molar-refractivity contribution in [1.82, 2.24) is 15.1 Å². The molecule has 0 spiro atoms. The summed E-state index contributed by atoms with van der Waals surface area (Å²) in [5.41, 5.74) is -0.0986. The average Bonchev–Trinajstić information content (AvgIpc) is 2.64. The fourth-order valence-corrected chi connectivity index (χ4v) is 3.43. The third-order valence-corrected chi connectivity index (χ3v) is 4.97. The maximum Gasteiger partial charge on any atom is 0.274 e. The van der Waals surface area contributed by atoms with Crippen LogP contribution in [0, 0.1) is 5.92 Å². The molecule has 0 radical (unpaired) electrons.